The minimum Gasteiger partial charge on any atom is -0.359 e. The van der Waals surface area contributed by atoms with Gasteiger partial charge in [-0.2, -0.15) is 0 Å². The van der Waals surface area contributed by atoms with Crippen molar-refractivity contribution in [2.45, 2.75) is 31.8 Å². The van der Waals surface area contributed by atoms with E-state index in [1.165, 1.54) is 25.9 Å². The van der Waals surface area contributed by atoms with Gasteiger partial charge in [0.15, 0.2) is 5.76 Å². The van der Waals surface area contributed by atoms with Crippen molar-refractivity contribution in [1.29, 1.82) is 0 Å². The van der Waals surface area contributed by atoms with E-state index < -0.39 is 0 Å². The van der Waals surface area contributed by atoms with Crippen LogP contribution in [0.15, 0.2) is 10.6 Å². The average Bonchev–Trinajstić information content (AvgIpc) is 2.83. The first kappa shape index (κ1) is 10.3. The third-order valence-electron chi connectivity index (χ3n) is 3.88. The lowest BCUT2D eigenvalue weighted by Crippen LogP contribution is -2.49. The van der Waals surface area contributed by atoms with Gasteiger partial charge >= 0.3 is 0 Å². The molecule has 16 heavy (non-hydrogen) atoms. The Hall–Kier alpha value is -0.870. The van der Waals surface area contributed by atoms with E-state index in [-0.39, 0.29) is 0 Å². The van der Waals surface area contributed by atoms with Gasteiger partial charge < -0.3 is 9.42 Å². The molecule has 0 amide bonds. The first-order valence-corrected chi connectivity index (χ1v) is 6.11. The third kappa shape index (κ3) is 1.66. The van der Waals surface area contributed by atoms with Crippen LogP contribution >= 0.6 is 0 Å². The van der Waals surface area contributed by atoms with Gasteiger partial charge in [-0.05, 0) is 26.8 Å². The Labute approximate surface area is 96.2 Å². The van der Waals surface area contributed by atoms with Gasteiger partial charge in [0.25, 0.3) is 0 Å². The smallest absolute Gasteiger partial charge is 0.154 e. The number of likely N-dealkylation sites (N-methyl/N-ethyl adjacent to an activating group) is 1. The molecule has 1 aromatic rings. The highest BCUT2D eigenvalue weighted by Gasteiger charge is 2.38. The van der Waals surface area contributed by atoms with Crippen molar-refractivity contribution >= 4 is 0 Å². The monoisotopic (exact) mass is 221 g/mol. The van der Waals surface area contributed by atoms with Crippen molar-refractivity contribution in [1.82, 2.24) is 15.0 Å². The summed E-state index contributed by atoms with van der Waals surface area (Å²) in [6, 6.07) is 3.28. The minimum atomic E-state index is 0.472. The van der Waals surface area contributed by atoms with Crippen LogP contribution in [0.5, 0.6) is 0 Å². The standard InChI is InChI=1S/C12H19N3O/c1-9-7-12(16-13-9)11-4-3-10-8-14(2)5-6-15(10)11/h7,10-11H,3-6,8H2,1-2H3/t10-,11+/m0/s1. The second-order valence-corrected chi connectivity index (χ2v) is 5.12. The summed E-state index contributed by atoms with van der Waals surface area (Å²) in [6.07, 6.45) is 2.50. The molecule has 0 saturated carbocycles. The lowest BCUT2D eigenvalue weighted by Gasteiger charge is -2.37. The van der Waals surface area contributed by atoms with Gasteiger partial charge in [-0.3, -0.25) is 4.90 Å². The predicted molar refractivity (Wildman–Crippen MR) is 61.2 cm³/mol. The molecule has 88 valence electrons. The highest BCUT2D eigenvalue weighted by atomic mass is 16.5. The van der Waals surface area contributed by atoms with Crippen molar-refractivity contribution in [3.05, 3.63) is 17.5 Å². The summed E-state index contributed by atoms with van der Waals surface area (Å²) in [5.74, 6) is 1.06. The fourth-order valence-corrected chi connectivity index (χ4v) is 3.05. The molecule has 2 fully saturated rings. The number of aromatic nitrogens is 1. The van der Waals surface area contributed by atoms with E-state index in [0.29, 0.717) is 12.1 Å². The Kier molecular flexibility index (Phi) is 2.48. The van der Waals surface area contributed by atoms with Crippen LogP contribution in [0.4, 0.5) is 0 Å². The zero-order valence-electron chi connectivity index (χ0n) is 10.0. The van der Waals surface area contributed by atoms with E-state index in [4.69, 9.17) is 4.52 Å². The molecule has 0 radical (unpaired) electrons. The minimum absolute atomic E-state index is 0.472. The molecule has 0 spiro atoms. The number of fused-ring (bicyclic) bond motifs is 1. The zero-order chi connectivity index (χ0) is 11.1. The first-order chi connectivity index (χ1) is 7.74. The van der Waals surface area contributed by atoms with Gasteiger partial charge in [-0.15, -0.1) is 0 Å². The van der Waals surface area contributed by atoms with Gasteiger partial charge in [-0.1, -0.05) is 5.16 Å². The first-order valence-electron chi connectivity index (χ1n) is 6.11. The van der Waals surface area contributed by atoms with Crippen molar-refractivity contribution < 1.29 is 4.52 Å². The van der Waals surface area contributed by atoms with Crippen molar-refractivity contribution in [3.8, 4) is 0 Å². The molecule has 1 aromatic heterocycles. The lowest BCUT2D eigenvalue weighted by atomic mass is 10.1. The van der Waals surface area contributed by atoms with E-state index in [2.05, 4.69) is 28.1 Å². The zero-order valence-corrected chi connectivity index (χ0v) is 10.0. The summed E-state index contributed by atoms with van der Waals surface area (Å²) in [5, 5.41) is 4.00. The fourth-order valence-electron chi connectivity index (χ4n) is 3.05. The van der Waals surface area contributed by atoms with E-state index >= 15 is 0 Å². The molecular formula is C12H19N3O. The molecular weight excluding hydrogens is 202 g/mol. The molecule has 3 heterocycles. The SMILES string of the molecule is Cc1cc([C@H]2CC[C@H]3CN(C)CCN32)on1. The number of rotatable bonds is 1. The van der Waals surface area contributed by atoms with Crippen LogP contribution < -0.4 is 0 Å². The van der Waals surface area contributed by atoms with E-state index in [1.807, 2.05) is 6.92 Å². The van der Waals surface area contributed by atoms with Crippen LogP contribution in [0.1, 0.15) is 30.3 Å². The Bertz CT molecular complexity index is 376. The molecule has 2 aliphatic rings. The third-order valence-corrected chi connectivity index (χ3v) is 3.88. The summed E-state index contributed by atoms with van der Waals surface area (Å²) >= 11 is 0. The maximum Gasteiger partial charge on any atom is 0.154 e. The number of piperazine rings is 1. The summed E-state index contributed by atoms with van der Waals surface area (Å²) in [5.41, 5.74) is 0.993. The van der Waals surface area contributed by atoms with Gasteiger partial charge in [-0.25, -0.2) is 0 Å². The largest absolute Gasteiger partial charge is 0.359 e. The normalized spacial score (nSPS) is 31.9. The van der Waals surface area contributed by atoms with E-state index in [1.54, 1.807) is 0 Å². The molecule has 2 aliphatic heterocycles. The fraction of sp³-hybridized carbons (Fsp3) is 0.750. The molecule has 0 unspecified atom stereocenters. The number of hydrogen-bond acceptors (Lipinski definition) is 4. The summed E-state index contributed by atoms with van der Waals surface area (Å²) in [7, 11) is 2.21. The van der Waals surface area contributed by atoms with Crippen molar-refractivity contribution in [2.75, 3.05) is 26.7 Å². The molecule has 0 bridgehead atoms. The highest BCUT2D eigenvalue weighted by molar-refractivity contribution is 5.11. The maximum absolute atomic E-state index is 5.42. The Balaban J connectivity index is 1.79. The van der Waals surface area contributed by atoms with E-state index in [0.717, 1.165) is 18.0 Å². The summed E-state index contributed by atoms with van der Waals surface area (Å²) in [4.78, 5) is 5.02. The molecule has 0 aliphatic carbocycles. The average molecular weight is 221 g/mol. The predicted octanol–water partition coefficient (Wildman–Crippen LogP) is 1.43. The Morgan fingerprint density at radius 3 is 3.00 bits per heavy atom. The molecule has 0 N–H and O–H groups in total. The quantitative estimate of drug-likeness (QED) is 0.718. The topological polar surface area (TPSA) is 32.5 Å². The second kappa shape index (κ2) is 3.86. The molecule has 2 saturated heterocycles. The van der Waals surface area contributed by atoms with Crippen LogP contribution in [0.2, 0.25) is 0 Å². The molecule has 4 heteroatoms. The molecule has 2 atom stereocenters. The van der Waals surface area contributed by atoms with Crippen LogP contribution in [0, 0.1) is 6.92 Å². The number of nitrogens with zero attached hydrogens (tertiary/aromatic N) is 3. The van der Waals surface area contributed by atoms with Gasteiger partial charge in [0.2, 0.25) is 0 Å². The van der Waals surface area contributed by atoms with Gasteiger partial charge in [0.1, 0.15) is 0 Å². The van der Waals surface area contributed by atoms with E-state index in [9.17, 15) is 0 Å². The summed E-state index contributed by atoms with van der Waals surface area (Å²) in [6.45, 7) is 5.51. The van der Waals surface area contributed by atoms with Crippen LogP contribution in [-0.4, -0.2) is 47.7 Å². The molecule has 4 nitrogen and oxygen atoms in total. The molecule has 0 aromatic carbocycles. The maximum atomic E-state index is 5.42. The lowest BCUT2D eigenvalue weighted by molar-refractivity contribution is 0.0836. The van der Waals surface area contributed by atoms with Gasteiger partial charge in [0, 0.05) is 31.7 Å². The van der Waals surface area contributed by atoms with Crippen LogP contribution in [-0.2, 0) is 0 Å². The number of aryl methyl sites for hydroxylation is 1. The Morgan fingerprint density at radius 2 is 2.25 bits per heavy atom. The van der Waals surface area contributed by atoms with Crippen molar-refractivity contribution in [3.63, 3.8) is 0 Å². The van der Waals surface area contributed by atoms with Crippen LogP contribution in [0.25, 0.3) is 0 Å². The Morgan fingerprint density at radius 1 is 1.38 bits per heavy atom. The summed E-state index contributed by atoms with van der Waals surface area (Å²) < 4.78 is 5.42. The van der Waals surface area contributed by atoms with Crippen LogP contribution in [0.3, 0.4) is 0 Å². The highest BCUT2D eigenvalue weighted by Crippen LogP contribution is 2.37. The second-order valence-electron chi connectivity index (χ2n) is 5.12. The van der Waals surface area contributed by atoms with Crippen molar-refractivity contribution in [2.24, 2.45) is 0 Å². The number of hydrogen-bond donors (Lipinski definition) is 0. The van der Waals surface area contributed by atoms with Gasteiger partial charge in [0.05, 0.1) is 11.7 Å². The molecule has 3 rings (SSSR count).